The van der Waals surface area contributed by atoms with Crippen LogP contribution in [0.4, 0.5) is 0 Å². The quantitative estimate of drug-likeness (QED) is 0.693. The molecular formula is C16H16O. The molecule has 1 fully saturated rings. The van der Waals surface area contributed by atoms with Gasteiger partial charge in [-0.15, -0.1) is 6.58 Å². The number of rotatable bonds is 3. The number of allylic oxidation sites excluding steroid dienone is 1. The van der Waals surface area contributed by atoms with Crippen LogP contribution in [-0.2, 0) is 0 Å². The van der Waals surface area contributed by atoms with Gasteiger partial charge in [0.25, 0.3) is 0 Å². The first-order valence-corrected chi connectivity index (χ1v) is 6.02. The van der Waals surface area contributed by atoms with Crippen molar-refractivity contribution in [3.05, 3.63) is 60.9 Å². The van der Waals surface area contributed by atoms with Crippen LogP contribution in [-0.4, -0.2) is 0 Å². The van der Waals surface area contributed by atoms with E-state index < -0.39 is 0 Å². The van der Waals surface area contributed by atoms with Gasteiger partial charge >= 0.3 is 0 Å². The molecule has 1 aliphatic carbocycles. The van der Waals surface area contributed by atoms with Crippen LogP contribution in [0.15, 0.2) is 59.5 Å². The third-order valence-corrected chi connectivity index (χ3v) is 3.77. The fourth-order valence-electron chi connectivity index (χ4n) is 2.33. The van der Waals surface area contributed by atoms with Crippen molar-refractivity contribution in [1.29, 1.82) is 0 Å². The molecule has 86 valence electrons. The minimum Gasteiger partial charge on any atom is -0.461 e. The Morgan fingerprint density at radius 2 is 2.00 bits per heavy atom. The van der Waals surface area contributed by atoms with E-state index in [2.05, 4.69) is 37.8 Å². The number of furan rings is 1. The molecule has 1 aromatic heterocycles. The molecule has 0 bridgehead atoms. The van der Waals surface area contributed by atoms with Gasteiger partial charge in [-0.1, -0.05) is 43.3 Å². The van der Waals surface area contributed by atoms with Crippen molar-refractivity contribution in [2.45, 2.75) is 19.3 Å². The lowest BCUT2D eigenvalue weighted by Gasteiger charge is -2.01. The molecule has 0 amide bonds. The van der Waals surface area contributed by atoms with Gasteiger partial charge in [0, 0.05) is 11.5 Å². The Bertz CT molecular complexity index is 538. The molecule has 1 nitrogen and oxygen atoms in total. The van der Waals surface area contributed by atoms with Crippen LogP contribution in [0, 0.1) is 5.41 Å². The Morgan fingerprint density at radius 1 is 1.24 bits per heavy atom. The summed E-state index contributed by atoms with van der Waals surface area (Å²) >= 11 is 0. The average molecular weight is 224 g/mol. The van der Waals surface area contributed by atoms with E-state index in [1.807, 2.05) is 24.3 Å². The molecule has 0 saturated heterocycles. The molecule has 0 radical (unpaired) electrons. The van der Waals surface area contributed by atoms with E-state index >= 15 is 0 Å². The lowest BCUT2D eigenvalue weighted by atomic mass is 10.1. The maximum absolute atomic E-state index is 5.94. The summed E-state index contributed by atoms with van der Waals surface area (Å²) < 4.78 is 5.94. The summed E-state index contributed by atoms with van der Waals surface area (Å²) in [7, 11) is 0. The molecule has 1 aromatic carbocycles. The molecule has 1 heteroatoms. The van der Waals surface area contributed by atoms with Gasteiger partial charge in [-0.25, -0.2) is 0 Å². The van der Waals surface area contributed by atoms with Crippen LogP contribution >= 0.6 is 0 Å². The van der Waals surface area contributed by atoms with Gasteiger partial charge in [-0.2, -0.15) is 0 Å². The number of benzene rings is 1. The van der Waals surface area contributed by atoms with Gasteiger partial charge in [0.05, 0.1) is 0 Å². The first-order valence-electron chi connectivity index (χ1n) is 6.02. The summed E-state index contributed by atoms with van der Waals surface area (Å²) in [6.07, 6.45) is 3.20. The summed E-state index contributed by atoms with van der Waals surface area (Å²) in [5.41, 5.74) is 1.38. The topological polar surface area (TPSA) is 13.1 Å². The first-order chi connectivity index (χ1) is 8.23. The molecule has 0 spiro atoms. The van der Waals surface area contributed by atoms with E-state index in [4.69, 9.17) is 4.42 Å². The summed E-state index contributed by atoms with van der Waals surface area (Å²) in [6, 6.07) is 14.4. The normalized spacial score (nSPS) is 26.8. The Kier molecular flexibility index (Phi) is 2.22. The van der Waals surface area contributed by atoms with E-state index in [9.17, 15) is 0 Å². The predicted octanol–water partition coefficient (Wildman–Crippen LogP) is 4.63. The Morgan fingerprint density at radius 3 is 2.65 bits per heavy atom. The average Bonchev–Trinajstić information content (AvgIpc) is 2.86. The Hall–Kier alpha value is -1.76. The molecule has 1 heterocycles. The van der Waals surface area contributed by atoms with Crippen molar-refractivity contribution in [2.24, 2.45) is 5.41 Å². The fraction of sp³-hybridized carbons (Fsp3) is 0.250. The zero-order chi connectivity index (χ0) is 11.9. The van der Waals surface area contributed by atoms with Gasteiger partial charge in [-0.3, -0.25) is 0 Å². The minimum absolute atomic E-state index is 0.242. The van der Waals surface area contributed by atoms with Crippen LogP contribution in [0.3, 0.4) is 0 Å². The summed E-state index contributed by atoms with van der Waals surface area (Å²) in [5, 5.41) is 0. The second-order valence-corrected chi connectivity index (χ2v) is 5.03. The van der Waals surface area contributed by atoms with Gasteiger partial charge in [0.15, 0.2) is 0 Å². The highest BCUT2D eigenvalue weighted by Gasteiger charge is 2.50. The highest BCUT2D eigenvalue weighted by molar-refractivity contribution is 5.57. The molecule has 17 heavy (non-hydrogen) atoms. The lowest BCUT2D eigenvalue weighted by Crippen LogP contribution is -1.89. The second-order valence-electron chi connectivity index (χ2n) is 5.03. The zero-order valence-corrected chi connectivity index (χ0v) is 10.0. The largest absolute Gasteiger partial charge is 0.461 e. The summed E-state index contributed by atoms with van der Waals surface area (Å²) in [4.78, 5) is 0. The van der Waals surface area contributed by atoms with E-state index in [-0.39, 0.29) is 5.41 Å². The van der Waals surface area contributed by atoms with Gasteiger partial charge in [-0.05, 0) is 24.0 Å². The molecule has 3 rings (SSSR count). The molecular weight excluding hydrogens is 208 g/mol. The van der Waals surface area contributed by atoms with Crippen LogP contribution in [0.1, 0.15) is 25.0 Å². The summed E-state index contributed by atoms with van der Waals surface area (Å²) in [5.74, 6) is 2.56. The van der Waals surface area contributed by atoms with Crippen molar-refractivity contribution in [2.75, 3.05) is 0 Å². The highest BCUT2D eigenvalue weighted by Crippen LogP contribution is 2.60. The predicted molar refractivity (Wildman–Crippen MR) is 69.8 cm³/mol. The van der Waals surface area contributed by atoms with Gasteiger partial charge < -0.3 is 4.42 Å². The molecule has 0 unspecified atom stereocenters. The van der Waals surface area contributed by atoms with Crippen molar-refractivity contribution in [3.8, 4) is 11.3 Å². The maximum atomic E-state index is 5.94. The molecule has 0 N–H and O–H groups in total. The monoisotopic (exact) mass is 224 g/mol. The van der Waals surface area contributed by atoms with Crippen molar-refractivity contribution >= 4 is 0 Å². The third kappa shape index (κ3) is 1.72. The molecule has 1 aliphatic rings. The Balaban J connectivity index is 1.88. The summed E-state index contributed by atoms with van der Waals surface area (Å²) in [6.45, 7) is 6.13. The zero-order valence-electron chi connectivity index (χ0n) is 10.0. The number of hydrogen-bond donors (Lipinski definition) is 0. The Labute approximate surface area is 102 Å². The third-order valence-electron chi connectivity index (χ3n) is 3.77. The van der Waals surface area contributed by atoms with Crippen LogP contribution in [0.2, 0.25) is 0 Å². The van der Waals surface area contributed by atoms with E-state index in [0.29, 0.717) is 5.92 Å². The van der Waals surface area contributed by atoms with E-state index in [0.717, 1.165) is 23.5 Å². The van der Waals surface area contributed by atoms with Crippen LogP contribution < -0.4 is 0 Å². The van der Waals surface area contributed by atoms with Crippen LogP contribution in [0.5, 0.6) is 0 Å². The smallest absolute Gasteiger partial charge is 0.134 e. The SMILES string of the molecule is C=C[C@@]1(C)C[C@H]1c1ccc(-c2ccccc2)o1. The molecule has 0 aliphatic heterocycles. The minimum atomic E-state index is 0.242. The maximum Gasteiger partial charge on any atom is 0.134 e. The van der Waals surface area contributed by atoms with E-state index in [1.165, 1.54) is 0 Å². The second kappa shape index (κ2) is 3.63. The standard InChI is InChI=1S/C16H16O/c1-3-16(2)11-13(16)15-10-9-14(17-15)12-7-5-4-6-8-12/h3-10,13H,1,11H2,2H3/t13-,16-/m0/s1. The molecule has 2 aromatic rings. The van der Waals surface area contributed by atoms with Crippen molar-refractivity contribution in [3.63, 3.8) is 0 Å². The molecule has 2 atom stereocenters. The van der Waals surface area contributed by atoms with Crippen LogP contribution in [0.25, 0.3) is 11.3 Å². The van der Waals surface area contributed by atoms with E-state index in [1.54, 1.807) is 0 Å². The number of hydrogen-bond acceptors (Lipinski definition) is 1. The van der Waals surface area contributed by atoms with Crippen molar-refractivity contribution in [1.82, 2.24) is 0 Å². The van der Waals surface area contributed by atoms with Crippen molar-refractivity contribution < 1.29 is 4.42 Å². The fourth-order valence-corrected chi connectivity index (χ4v) is 2.33. The van der Waals surface area contributed by atoms with Gasteiger partial charge in [0.2, 0.25) is 0 Å². The first kappa shape index (κ1) is 10.4. The lowest BCUT2D eigenvalue weighted by molar-refractivity contribution is 0.505. The molecule has 1 saturated carbocycles. The van der Waals surface area contributed by atoms with Gasteiger partial charge in [0.1, 0.15) is 11.5 Å². The highest BCUT2D eigenvalue weighted by atomic mass is 16.3.